The molecule has 4 nitrogen and oxygen atoms in total. The SMILES string of the molecule is CCSc1ccccc1NC(=O)C(C)N1C[C@@H](C)O[C@@H](C)C1. The maximum Gasteiger partial charge on any atom is 0.241 e. The Morgan fingerprint density at radius 3 is 2.64 bits per heavy atom. The third kappa shape index (κ3) is 4.48. The summed E-state index contributed by atoms with van der Waals surface area (Å²) in [4.78, 5) is 15.9. The molecule has 1 heterocycles. The molecular weight excluding hydrogens is 296 g/mol. The van der Waals surface area contributed by atoms with Gasteiger partial charge in [0.05, 0.1) is 23.9 Å². The summed E-state index contributed by atoms with van der Waals surface area (Å²) >= 11 is 1.74. The number of amides is 1. The molecule has 122 valence electrons. The molecule has 0 aliphatic carbocycles. The minimum absolute atomic E-state index is 0.0467. The molecular formula is C17H26N2O2S. The maximum atomic E-state index is 12.6. The summed E-state index contributed by atoms with van der Waals surface area (Å²) in [6, 6.07) is 7.82. The molecule has 0 bridgehead atoms. The van der Waals surface area contributed by atoms with Gasteiger partial charge in [0.2, 0.25) is 5.91 Å². The van der Waals surface area contributed by atoms with Crippen molar-refractivity contribution in [3.63, 3.8) is 0 Å². The number of nitrogens with one attached hydrogen (secondary N) is 1. The maximum absolute atomic E-state index is 12.6. The van der Waals surface area contributed by atoms with E-state index in [9.17, 15) is 4.79 Å². The van der Waals surface area contributed by atoms with Gasteiger partial charge in [-0.2, -0.15) is 0 Å². The second-order valence-corrected chi connectivity index (χ2v) is 7.11. The average Bonchev–Trinajstić information content (AvgIpc) is 2.47. The van der Waals surface area contributed by atoms with Crippen molar-refractivity contribution < 1.29 is 9.53 Å². The van der Waals surface area contributed by atoms with Crippen LogP contribution >= 0.6 is 11.8 Å². The Bertz CT molecular complexity index is 499. The Hall–Kier alpha value is -1.04. The second kappa shape index (κ2) is 7.99. The molecule has 1 unspecified atom stereocenters. The average molecular weight is 322 g/mol. The molecule has 0 saturated carbocycles. The molecule has 1 aliphatic rings. The molecule has 1 N–H and O–H groups in total. The van der Waals surface area contributed by atoms with Gasteiger partial charge in [0.15, 0.2) is 0 Å². The Morgan fingerprint density at radius 1 is 1.36 bits per heavy atom. The van der Waals surface area contributed by atoms with E-state index >= 15 is 0 Å². The van der Waals surface area contributed by atoms with Crippen LogP contribution in [0.4, 0.5) is 5.69 Å². The van der Waals surface area contributed by atoms with Crippen molar-refractivity contribution in [2.24, 2.45) is 0 Å². The van der Waals surface area contributed by atoms with Gasteiger partial charge in [0.1, 0.15) is 0 Å². The topological polar surface area (TPSA) is 41.6 Å². The zero-order valence-corrected chi connectivity index (χ0v) is 14.7. The number of nitrogens with zero attached hydrogens (tertiary/aromatic N) is 1. The van der Waals surface area contributed by atoms with Gasteiger partial charge in [-0.1, -0.05) is 19.1 Å². The molecule has 0 aromatic heterocycles. The number of morpholine rings is 1. The molecule has 1 fully saturated rings. The predicted octanol–water partition coefficient (Wildman–Crippen LogP) is 3.23. The highest BCUT2D eigenvalue weighted by molar-refractivity contribution is 7.99. The van der Waals surface area contributed by atoms with Crippen LogP contribution in [0, 0.1) is 0 Å². The number of thioether (sulfide) groups is 1. The molecule has 0 radical (unpaired) electrons. The number of ether oxygens (including phenoxy) is 1. The van der Waals surface area contributed by atoms with Crippen molar-refractivity contribution in [3.05, 3.63) is 24.3 Å². The summed E-state index contributed by atoms with van der Waals surface area (Å²) in [5, 5.41) is 3.08. The minimum atomic E-state index is -0.159. The number of anilines is 1. The molecule has 0 spiro atoms. The van der Waals surface area contributed by atoms with Crippen LogP contribution in [0.1, 0.15) is 27.7 Å². The van der Waals surface area contributed by atoms with Gasteiger partial charge < -0.3 is 10.1 Å². The van der Waals surface area contributed by atoms with Crippen molar-refractivity contribution in [2.45, 2.75) is 50.8 Å². The zero-order chi connectivity index (χ0) is 16.1. The first-order valence-corrected chi connectivity index (χ1v) is 8.92. The summed E-state index contributed by atoms with van der Waals surface area (Å²) in [6.07, 6.45) is 0.337. The van der Waals surface area contributed by atoms with Gasteiger partial charge in [0, 0.05) is 18.0 Å². The fourth-order valence-electron chi connectivity index (χ4n) is 2.79. The fourth-order valence-corrected chi connectivity index (χ4v) is 3.55. The van der Waals surface area contributed by atoms with Crippen LogP contribution in [0.3, 0.4) is 0 Å². The van der Waals surface area contributed by atoms with Crippen LogP contribution in [0.25, 0.3) is 0 Å². The van der Waals surface area contributed by atoms with Crippen molar-refractivity contribution in [2.75, 3.05) is 24.2 Å². The monoisotopic (exact) mass is 322 g/mol. The lowest BCUT2D eigenvalue weighted by Crippen LogP contribution is -2.52. The summed E-state index contributed by atoms with van der Waals surface area (Å²) in [7, 11) is 0. The highest BCUT2D eigenvalue weighted by Crippen LogP contribution is 2.27. The molecule has 3 atom stereocenters. The van der Waals surface area contributed by atoms with Gasteiger partial charge >= 0.3 is 0 Å². The van der Waals surface area contributed by atoms with E-state index in [0.29, 0.717) is 0 Å². The number of rotatable bonds is 5. The van der Waals surface area contributed by atoms with Crippen LogP contribution in [0.15, 0.2) is 29.2 Å². The number of carbonyl (C=O) groups is 1. The van der Waals surface area contributed by atoms with E-state index in [2.05, 4.69) is 31.0 Å². The highest BCUT2D eigenvalue weighted by atomic mass is 32.2. The molecule has 1 aromatic carbocycles. The number of para-hydroxylation sites is 1. The highest BCUT2D eigenvalue weighted by Gasteiger charge is 2.29. The third-order valence-corrected chi connectivity index (χ3v) is 4.78. The molecule has 1 saturated heterocycles. The number of benzene rings is 1. The molecule has 22 heavy (non-hydrogen) atoms. The van der Waals surface area contributed by atoms with E-state index in [4.69, 9.17) is 4.74 Å². The summed E-state index contributed by atoms with van der Waals surface area (Å²) in [5.41, 5.74) is 0.903. The van der Waals surface area contributed by atoms with Gasteiger partial charge in [0.25, 0.3) is 0 Å². The van der Waals surface area contributed by atoms with Gasteiger partial charge in [-0.15, -0.1) is 11.8 Å². The normalized spacial score (nSPS) is 24.0. The van der Waals surface area contributed by atoms with Gasteiger partial charge in [-0.05, 0) is 38.7 Å². The molecule has 1 aromatic rings. The Kier molecular flexibility index (Phi) is 6.29. The third-order valence-electron chi connectivity index (χ3n) is 3.82. The fraction of sp³-hybridized carbons (Fsp3) is 0.588. The van der Waals surface area contributed by atoms with E-state index < -0.39 is 0 Å². The van der Waals surface area contributed by atoms with Crippen LogP contribution in [-0.4, -0.2) is 47.9 Å². The molecule has 1 amide bonds. The van der Waals surface area contributed by atoms with Crippen LogP contribution in [-0.2, 0) is 9.53 Å². The number of hydrogen-bond acceptors (Lipinski definition) is 4. The van der Waals surface area contributed by atoms with Gasteiger partial charge in [-0.3, -0.25) is 9.69 Å². The second-order valence-electron chi connectivity index (χ2n) is 5.81. The van der Waals surface area contributed by atoms with Crippen molar-refractivity contribution in [3.8, 4) is 0 Å². The molecule has 2 rings (SSSR count). The van der Waals surface area contributed by atoms with E-state index in [1.165, 1.54) is 0 Å². The lowest BCUT2D eigenvalue weighted by atomic mass is 10.1. The Labute approximate surface area is 137 Å². The summed E-state index contributed by atoms with van der Waals surface area (Å²) in [6.45, 7) is 9.79. The summed E-state index contributed by atoms with van der Waals surface area (Å²) in [5.74, 6) is 1.03. The minimum Gasteiger partial charge on any atom is -0.373 e. The van der Waals surface area contributed by atoms with Gasteiger partial charge in [-0.25, -0.2) is 0 Å². The molecule has 1 aliphatic heterocycles. The van der Waals surface area contributed by atoms with Crippen LogP contribution < -0.4 is 5.32 Å². The van der Waals surface area contributed by atoms with E-state index in [-0.39, 0.29) is 24.2 Å². The predicted molar refractivity (Wildman–Crippen MR) is 92.5 cm³/mol. The smallest absolute Gasteiger partial charge is 0.241 e. The number of carbonyl (C=O) groups excluding carboxylic acids is 1. The van der Waals surface area contributed by atoms with Crippen molar-refractivity contribution in [1.29, 1.82) is 0 Å². The van der Waals surface area contributed by atoms with E-state index in [1.54, 1.807) is 11.8 Å². The number of hydrogen-bond donors (Lipinski definition) is 1. The quantitative estimate of drug-likeness (QED) is 0.845. The first kappa shape index (κ1) is 17.3. The van der Waals surface area contributed by atoms with Crippen LogP contribution in [0.2, 0.25) is 0 Å². The van der Waals surface area contributed by atoms with E-state index in [0.717, 1.165) is 29.4 Å². The first-order chi connectivity index (χ1) is 10.5. The Balaban J connectivity index is 2.02. The Morgan fingerprint density at radius 2 is 2.00 bits per heavy atom. The zero-order valence-electron chi connectivity index (χ0n) is 13.8. The van der Waals surface area contributed by atoms with Crippen molar-refractivity contribution >= 4 is 23.4 Å². The lowest BCUT2D eigenvalue weighted by Gasteiger charge is -2.38. The molecule has 5 heteroatoms. The van der Waals surface area contributed by atoms with Crippen LogP contribution in [0.5, 0.6) is 0 Å². The first-order valence-electron chi connectivity index (χ1n) is 7.93. The van der Waals surface area contributed by atoms with E-state index in [1.807, 2.05) is 31.2 Å². The largest absolute Gasteiger partial charge is 0.373 e. The lowest BCUT2D eigenvalue weighted by molar-refractivity contribution is -0.126. The standard InChI is InChI=1S/C17H26N2O2S/c1-5-22-16-9-7-6-8-15(16)18-17(20)14(4)19-10-12(2)21-13(3)11-19/h6-9,12-14H,5,10-11H2,1-4H3,(H,18,20)/t12-,13+,14?. The van der Waals surface area contributed by atoms with Crippen molar-refractivity contribution in [1.82, 2.24) is 4.90 Å². The summed E-state index contributed by atoms with van der Waals surface area (Å²) < 4.78 is 5.74.